The highest BCUT2D eigenvalue weighted by molar-refractivity contribution is 6.46. The molecule has 1 heterocycles. The second-order valence-electron chi connectivity index (χ2n) is 3.11. The largest absolute Gasteiger partial charge is 0.399 e. The van der Waals surface area contributed by atoms with Gasteiger partial charge in [0.15, 0.2) is 0 Å². The monoisotopic (exact) mass is 207 g/mol. The Labute approximate surface area is 87.3 Å². The number of nitrogens with zero attached hydrogens (tertiary/aromatic N) is 1. The van der Waals surface area contributed by atoms with Crippen LogP contribution in [-0.4, -0.2) is 12.4 Å². The fourth-order valence-electron chi connectivity index (χ4n) is 1.42. The van der Waals surface area contributed by atoms with E-state index in [1.807, 2.05) is 30.3 Å². The number of amidine groups is 1. The Morgan fingerprint density at radius 1 is 1.29 bits per heavy atom. The summed E-state index contributed by atoms with van der Waals surface area (Å²) in [4.78, 5) is 1.78. The fraction of sp³-hybridized carbons (Fsp3) is 0.100. The first-order chi connectivity index (χ1) is 6.70. The number of halogens is 1. The molecule has 0 aliphatic carbocycles. The van der Waals surface area contributed by atoms with Crippen LogP contribution < -0.4 is 10.6 Å². The molecule has 72 valence electrons. The van der Waals surface area contributed by atoms with Crippen molar-refractivity contribution in [3.8, 4) is 0 Å². The topological polar surface area (TPSA) is 53.1 Å². The smallest absolute Gasteiger partial charge is 0.146 e. The first-order valence-corrected chi connectivity index (χ1v) is 4.63. The Morgan fingerprint density at radius 3 is 2.43 bits per heavy atom. The third-order valence-electron chi connectivity index (χ3n) is 2.16. The van der Waals surface area contributed by atoms with E-state index < -0.39 is 0 Å². The SMILES string of the molecule is N=C1C(Cl)=C(N)CN1c1ccccc1. The van der Waals surface area contributed by atoms with Gasteiger partial charge in [-0.3, -0.25) is 5.41 Å². The summed E-state index contributed by atoms with van der Waals surface area (Å²) in [6.07, 6.45) is 0. The van der Waals surface area contributed by atoms with Gasteiger partial charge in [0, 0.05) is 5.69 Å². The molecule has 4 heteroatoms. The van der Waals surface area contributed by atoms with Crippen molar-refractivity contribution in [2.45, 2.75) is 0 Å². The third kappa shape index (κ3) is 1.36. The van der Waals surface area contributed by atoms with E-state index in [1.54, 1.807) is 4.90 Å². The summed E-state index contributed by atoms with van der Waals surface area (Å²) < 4.78 is 0. The first kappa shape index (κ1) is 9.09. The van der Waals surface area contributed by atoms with E-state index in [9.17, 15) is 0 Å². The lowest BCUT2D eigenvalue weighted by Gasteiger charge is -2.17. The van der Waals surface area contributed by atoms with Crippen LogP contribution in [0.4, 0.5) is 5.69 Å². The van der Waals surface area contributed by atoms with Crippen molar-refractivity contribution in [3.05, 3.63) is 41.1 Å². The van der Waals surface area contributed by atoms with E-state index in [0.29, 0.717) is 17.3 Å². The molecule has 0 amide bonds. The predicted octanol–water partition coefficient (Wildman–Crippen LogP) is 1.89. The minimum atomic E-state index is 0.273. The van der Waals surface area contributed by atoms with Crippen molar-refractivity contribution >= 4 is 23.1 Å². The lowest BCUT2D eigenvalue weighted by Crippen LogP contribution is -2.26. The number of anilines is 1. The lowest BCUT2D eigenvalue weighted by atomic mass is 10.3. The molecule has 0 spiro atoms. The Morgan fingerprint density at radius 2 is 1.93 bits per heavy atom. The summed E-state index contributed by atoms with van der Waals surface area (Å²) in [5.74, 6) is 0.273. The zero-order chi connectivity index (χ0) is 10.1. The van der Waals surface area contributed by atoms with Crippen molar-refractivity contribution < 1.29 is 0 Å². The molecule has 0 fully saturated rings. The summed E-state index contributed by atoms with van der Waals surface area (Å²) in [5.41, 5.74) is 7.16. The molecule has 0 radical (unpaired) electrons. The molecule has 1 aromatic carbocycles. The second-order valence-corrected chi connectivity index (χ2v) is 3.49. The Kier molecular flexibility index (Phi) is 2.17. The molecular formula is C10H10ClN3. The van der Waals surface area contributed by atoms with Gasteiger partial charge in [-0.1, -0.05) is 29.8 Å². The Hall–Kier alpha value is -1.48. The maximum atomic E-state index is 7.74. The van der Waals surface area contributed by atoms with Gasteiger partial charge in [0.25, 0.3) is 0 Å². The highest BCUT2D eigenvalue weighted by atomic mass is 35.5. The van der Waals surface area contributed by atoms with Gasteiger partial charge in [0.05, 0.1) is 12.2 Å². The maximum absolute atomic E-state index is 7.74. The highest BCUT2D eigenvalue weighted by Gasteiger charge is 2.24. The average Bonchev–Trinajstić information content (AvgIpc) is 2.47. The van der Waals surface area contributed by atoms with Gasteiger partial charge >= 0.3 is 0 Å². The zero-order valence-electron chi connectivity index (χ0n) is 7.50. The van der Waals surface area contributed by atoms with Crippen molar-refractivity contribution in [2.75, 3.05) is 11.4 Å². The summed E-state index contributed by atoms with van der Waals surface area (Å²) in [7, 11) is 0. The van der Waals surface area contributed by atoms with Crippen LogP contribution >= 0.6 is 11.6 Å². The maximum Gasteiger partial charge on any atom is 0.146 e. The fourth-order valence-corrected chi connectivity index (χ4v) is 1.58. The summed E-state index contributed by atoms with van der Waals surface area (Å²) in [6.45, 7) is 0.502. The van der Waals surface area contributed by atoms with Crippen LogP contribution in [0.15, 0.2) is 41.1 Å². The quantitative estimate of drug-likeness (QED) is 0.739. The molecule has 0 unspecified atom stereocenters. The van der Waals surface area contributed by atoms with Gasteiger partial charge in [0.1, 0.15) is 10.9 Å². The Balaban J connectivity index is 2.30. The second kappa shape index (κ2) is 3.35. The van der Waals surface area contributed by atoms with E-state index in [0.717, 1.165) is 5.69 Å². The number of para-hydroxylation sites is 1. The van der Waals surface area contributed by atoms with E-state index in [1.165, 1.54) is 0 Å². The van der Waals surface area contributed by atoms with Crippen LogP contribution in [-0.2, 0) is 0 Å². The number of nitrogens with two attached hydrogens (primary N) is 1. The number of nitrogens with one attached hydrogen (secondary N) is 1. The number of benzene rings is 1. The molecule has 0 aromatic heterocycles. The van der Waals surface area contributed by atoms with Crippen molar-refractivity contribution in [1.29, 1.82) is 5.41 Å². The first-order valence-electron chi connectivity index (χ1n) is 4.26. The number of hydrogen-bond donors (Lipinski definition) is 2. The van der Waals surface area contributed by atoms with Crippen LogP contribution in [0.3, 0.4) is 0 Å². The van der Waals surface area contributed by atoms with E-state index in [2.05, 4.69) is 0 Å². The molecule has 1 aliphatic rings. The molecule has 3 N–H and O–H groups in total. The lowest BCUT2D eigenvalue weighted by molar-refractivity contribution is 1.09. The van der Waals surface area contributed by atoms with Crippen LogP contribution in [0.25, 0.3) is 0 Å². The summed E-state index contributed by atoms with van der Waals surface area (Å²) >= 11 is 5.85. The van der Waals surface area contributed by atoms with Gasteiger partial charge in [-0.25, -0.2) is 0 Å². The third-order valence-corrected chi connectivity index (χ3v) is 2.58. The molecule has 0 bridgehead atoms. The summed E-state index contributed by atoms with van der Waals surface area (Å²) in [6, 6.07) is 9.63. The number of hydrogen-bond acceptors (Lipinski definition) is 2. The normalized spacial score (nSPS) is 16.6. The molecular weight excluding hydrogens is 198 g/mol. The minimum absolute atomic E-state index is 0.273. The van der Waals surface area contributed by atoms with Crippen molar-refractivity contribution in [2.24, 2.45) is 5.73 Å². The molecule has 2 rings (SSSR count). The molecule has 0 saturated heterocycles. The van der Waals surface area contributed by atoms with Gasteiger partial charge in [-0.2, -0.15) is 0 Å². The molecule has 14 heavy (non-hydrogen) atoms. The Bertz CT molecular complexity index is 397. The standard InChI is InChI=1S/C10H10ClN3/c11-9-8(12)6-14(10(9)13)7-4-2-1-3-5-7/h1-5,13H,6,12H2. The van der Waals surface area contributed by atoms with Crippen LogP contribution in [0, 0.1) is 5.41 Å². The van der Waals surface area contributed by atoms with Crippen molar-refractivity contribution in [3.63, 3.8) is 0 Å². The molecule has 1 aromatic rings. The average molecular weight is 208 g/mol. The zero-order valence-corrected chi connectivity index (χ0v) is 8.25. The molecule has 0 saturated carbocycles. The molecule has 0 atom stereocenters. The van der Waals surface area contributed by atoms with E-state index in [4.69, 9.17) is 22.7 Å². The van der Waals surface area contributed by atoms with Gasteiger partial charge in [0.2, 0.25) is 0 Å². The van der Waals surface area contributed by atoms with Gasteiger partial charge in [-0.05, 0) is 12.1 Å². The van der Waals surface area contributed by atoms with E-state index in [-0.39, 0.29) is 5.84 Å². The van der Waals surface area contributed by atoms with Crippen LogP contribution in [0.1, 0.15) is 0 Å². The number of rotatable bonds is 1. The van der Waals surface area contributed by atoms with E-state index >= 15 is 0 Å². The molecule has 1 aliphatic heterocycles. The van der Waals surface area contributed by atoms with Crippen LogP contribution in [0.2, 0.25) is 0 Å². The van der Waals surface area contributed by atoms with Crippen molar-refractivity contribution in [1.82, 2.24) is 0 Å². The summed E-state index contributed by atoms with van der Waals surface area (Å²) in [5, 5.41) is 8.09. The van der Waals surface area contributed by atoms with Gasteiger partial charge in [-0.15, -0.1) is 0 Å². The predicted molar refractivity (Wildman–Crippen MR) is 58.6 cm³/mol. The minimum Gasteiger partial charge on any atom is -0.399 e. The highest BCUT2D eigenvalue weighted by Crippen LogP contribution is 2.25. The van der Waals surface area contributed by atoms with Gasteiger partial charge < -0.3 is 10.6 Å². The molecule has 3 nitrogen and oxygen atoms in total. The van der Waals surface area contributed by atoms with Crippen LogP contribution in [0.5, 0.6) is 0 Å².